The fraction of sp³-hybridized carbons (Fsp3) is 0.385. The first-order valence-corrected chi connectivity index (χ1v) is 12.2. The van der Waals surface area contributed by atoms with Gasteiger partial charge in [-0.2, -0.15) is 0 Å². The van der Waals surface area contributed by atoms with Gasteiger partial charge < -0.3 is 19.1 Å². The van der Waals surface area contributed by atoms with Crippen molar-refractivity contribution in [3.63, 3.8) is 0 Å². The number of amidine groups is 1. The van der Waals surface area contributed by atoms with Gasteiger partial charge in [0.15, 0.2) is 5.17 Å². The number of allylic oxidation sites excluding steroid dienone is 1. The summed E-state index contributed by atoms with van der Waals surface area (Å²) in [5.41, 5.74) is 2.96. The molecule has 2 aliphatic rings. The number of methoxy groups -OCH3 is 1. The summed E-state index contributed by atoms with van der Waals surface area (Å²) in [5.74, 6) is 2.44. The average molecular weight is 483 g/mol. The highest BCUT2D eigenvalue weighted by molar-refractivity contribution is 8.15. The first-order chi connectivity index (χ1) is 16.5. The predicted molar refractivity (Wildman–Crippen MR) is 134 cm³/mol. The third kappa shape index (κ3) is 6.08. The van der Waals surface area contributed by atoms with E-state index < -0.39 is 0 Å². The monoisotopic (exact) mass is 482 g/mol. The third-order valence-corrected chi connectivity index (χ3v) is 6.47. The first-order valence-electron chi connectivity index (χ1n) is 11.3. The molecule has 0 amide bonds. The lowest BCUT2D eigenvalue weighted by atomic mass is 10.0. The Labute approximate surface area is 204 Å². The van der Waals surface area contributed by atoms with Crippen LogP contribution in [-0.4, -0.2) is 60.1 Å². The van der Waals surface area contributed by atoms with E-state index in [1.165, 1.54) is 7.11 Å². The molecule has 7 nitrogen and oxygen atoms in total. The fourth-order valence-electron chi connectivity index (χ4n) is 3.62. The molecule has 1 aromatic carbocycles. The largest absolute Gasteiger partial charge is 0.489 e. The summed E-state index contributed by atoms with van der Waals surface area (Å²) in [7, 11) is 1.36. The number of esters is 1. The smallest absolute Gasteiger partial charge is 0.337 e. The quantitative estimate of drug-likeness (QED) is 0.384. The van der Waals surface area contributed by atoms with Crippen LogP contribution in [0.5, 0.6) is 0 Å². The summed E-state index contributed by atoms with van der Waals surface area (Å²) >= 11 is 1.55. The van der Waals surface area contributed by atoms with Crippen LogP contribution in [0, 0.1) is 0 Å². The van der Waals surface area contributed by atoms with Crippen molar-refractivity contribution in [3.8, 4) is 0 Å². The van der Waals surface area contributed by atoms with Gasteiger partial charge in [0, 0.05) is 19.7 Å². The lowest BCUT2D eigenvalue weighted by Gasteiger charge is -2.21. The zero-order valence-corrected chi connectivity index (χ0v) is 20.8. The number of ether oxygens (including phenoxy) is 3. The van der Waals surface area contributed by atoms with Crippen molar-refractivity contribution in [2.75, 3.05) is 26.8 Å². The SMILES string of the molecule is CCN=C1SC(C=C2C=CC(OCc3ccc(C(=O)OC)cc3)=CC2OCC)C(=C=O)N1CC. The first kappa shape index (κ1) is 25.6. The van der Waals surface area contributed by atoms with Crippen LogP contribution in [0.3, 0.4) is 0 Å². The van der Waals surface area contributed by atoms with Crippen molar-refractivity contribution in [1.82, 2.24) is 4.90 Å². The number of hydrogen-bond acceptors (Lipinski definition) is 7. The summed E-state index contributed by atoms with van der Waals surface area (Å²) < 4.78 is 16.6. The van der Waals surface area contributed by atoms with E-state index in [1.807, 2.05) is 62.1 Å². The van der Waals surface area contributed by atoms with Gasteiger partial charge in [-0.25, -0.2) is 9.59 Å². The Bertz CT molecular complexity index is 1050. The maximum Gasteiger partial charge on any atom is 0.337 e. The highest BCUT2D eigenvalue weighted by Gasteiger charge is 2.34. The Balaban J connectivity index is 1.73. The minimum Gasteiger partial charge on any atom is -0.489 e. The second-order valence-corrected chi connectivity index (χ2v) is 8.56. The number of thioether (sulfide) groups is 1. The molecule has 1 aliphatic heterocycles. The van der Waals surface area contributed by atoms with Crippen LogP contribution in [-0.2, 0) is 25.6 Å². The van der Waals surface area contributed by atoms with Crippen LogP contribution in [0.25, 0.3) is 0 Å². The normalized spacial score (nSPS) is 22.2. The van der Waals surface area contributed by atoms with Gasteiger partial charge in [-0.15, -0.1) is 0 Å². The summed E-state index contributed by atoms with van der Waals surface area (Å²) in [6, 6.07) is 7.10. The molecular weight excluding hydrogens is 452 g/mol. The molecule has 3 rings (SSSR count). The average Bonchev–Trinajstić information content (AvgIpc) is 3.20. The number of hydrogen-bond donors (Lipinski definition) is 0. The van der Waals surface area contributed by atoms with Gasteiger partial charge in [-0.3, -0.25) is 4.99 Å². The molecule has 1 aromatic rings. The Hall–Kier alpha value is -3.06. The Kier molecular flexibility index (Phi) is 9.33. The van der Waals surface area contributed by atoms with Crippen molar-refractivity contribution in [2.24, 2.45) is 4.99 Å². The van der Waals surface area contributed by atoms with Gasteiger partial charge in [-0.05, 0) is 56.2 Å². The molecule has 0 N–H and O–H groups in total. The Morgan fingerprint density at radius 1 is 1.21 bits per heavy atom. The van der Waals surface area contributed by atoms with Crippen LogP contribution in [0.2, 0.25) is 0 Å². The third-order valence-electron chi connectivity index (χ3n) is 5.29. The molecule has 2 unspecified atom stereocenters. The van der Waals surface area contributed by atoms with Crippen molar-refractivity contribution in [1.29, 1.82) is 0 Å². The van der Waals surface area contributed by atoms with Crippen molar-refractivity contribution < 1.29 is 23.8 Å². The van der Waals surface area contributed by atoms with Crippen molar-refractivity contribution >= 4 is 28.8 Å². The lowest BCUT2D eigenvalue weighted by molar-refractivity contribution is 0.0600. The van der Waals surface area contributed by atoms with E-state index in [0.29, 0.717) is 43.3 Å². The van der Waals surface area contributed by atoms with Crippen LogP contribution in [0.4, 0.5) is 0 Å². The lowest BCUT2D eigenvalue weighted by Crippen LogP contribution is -2.24. The van der Waals surface area contributed by atoms with Gasteiger partial charge in [0.25, 0.3) is 0 Å². The molecule has 8 heteroatoms. The number of nitrogens with zero attached hydrogens (tertiary/aromatic N) is 2. The highest BCUT2D eigenvalue weighted by Crippen LogP contribution is 2.36. The Morgan fingerprint density at radius 2 is 1.97 bits per heavy atom. The maximum absolute atomic E-state index is 11.7. The van der Waals surface area contributed by atoms with Crippen LogP contribution in [0.1, 0.15) is 36.7 Å². The molecule has 0 aromatic heterocycles. The minimum absolute atomic E-state index is 0.172. The molecule has 34 heavy (non-hydrogen) atoms. The van der Waals surface area contributed by atoms with Gasteiger partial charge in [0.1, 0.15) is 30.1 Å². The molecule has 0 spiro atoms. The topological polar surface area (TPSA) is 77.4 Å². The van der Waals surface area contributed by atoms with Gasteiger partial charge in [0.2, 0.25) is 0 Å². The van der Waals surface area contributed by atoms with Gasteiger partial charge in [-0.1, -0.05) is 36.0 Å². The van der Waals surface area contributed by atoms with Crippen molar-refractivity contribution in [2.45, 2.75) is 38.7 Å². The molecular formula is C26H30N2O5S. The number of rotatable bonds is 9. The van der Waals surface area contributed by atoms with Crippen LogP contribution in [0.15, 0.2) is 70.6 Å². The number of aliphatic imine (C=N–C) groups is 1. The van der Waals surface area contributed by atoms with Gasteiger partial charge in [0.05, 0.1) is 17.9 Å². The number of carbonyl (C=O) groups excluding carboxylic acids is 2. The molecule has 0 saturated carbocycles. The molecule has 180 valence electrons. The van der Waals surface area contributed by atoms with E-state index in [0.717, 1.165) is 16.3 Å². The molecule has 1 saturated heterocycles. The highest BCUT2D eigenvalue weighted by atomic mass is 32.2. The summed E-state index contributed by atoms with van der Waals surface area (Å²) in [5, 5.41) is 0.672. The van der Waals surface area contributed by atoms with E-state index in [2.05, 4.69) is 10.9 Å². The Morgan fingerprint density at radius 3 is 2.59 bits per heavy atom. The fourth-order valence-corrected chi connectivity index (χ4v) is 4.92. The van der Waals surface area contributed by atoms with E-state index in [1.54, 1.807) is 23.9 Å². The molecule has 0 radical (unpaired) electrons. The molecule has 0 bridgehead atoms. The summed E-state index contributed by atoms with van der Waals surface area (Å²) in [6.07, 6.45) is 7.54. The number of benzene rings is 1. The molecule has 1 fully saturated rings. The van der Waals surface area contributed by atoms with E-state index in [-0.39, 0.29) is 17.3 Å². The van der Waals surface area contributed by atoms with Crippen LogP contribution < -0.4 is 0 Å². The van der Waals surface area contributed by atoms with E-state index >= 15 is 0 Å². The second kappa shape index (κ2) is 12.4. The molecule has 2 atom stereocenters. The zero-order chi connectivity index (χ0) is 24.5. The predicted octanol–water partition coefficient (Wildman–Crippen LogP) is 4.30. The van der Waals surface area contributed by atoms with E-state index in [4.69, 9.17) is 14.2 Å². The summed E-state index contributed by atoms with van der Waals surface area (Å²) in [6.45, 7) is 8.13. The zero-order valence-electron chi connectivity index (χ0n) is 19.9. The maximum atomic E-state index is 11.7. The van der Waals surface area contributed by atoms with Crippen LogP contribution >= 0.6 is 11.8 Å². The standard InChI is InChI=1S/C26H30N2O5S/c1-5-27-26-28(6-2)22(16-29)24(34-26)14-20-12-13-21(15-23(20)32-7-3)33-17-18-8-10-19(11-9-18)25(30)31-4/h8-15,23-24H,5-7,17H2,1-4H3. The minimum atomic E-state index is -0.368. The molecule has 1 heterocycles. The molecule has 1 aliphatic carbocycles. The second-order valence-electron chi connectivity index (χ2n) is 7.45. The van der Waals surface area contributed by atoms with E-state index in [9.17, 15) is 9.59 Å². The summed E-state index contributed by atoms with van der Waals surface area (Å²) in [4.78, 5) is 29.8. The number of carbonyl (C=O) groups is 1. The van der Waals surface area contributed by atoms with Crippen molar-refractivity contribution in [3.05, 3.63) is 76.7 Å². The van der Waals surface area contributed by atoms with Gasteiger partial charge >= 0.3 is 5.97 Å².